The molecule has 0 bridgehead atoms. The van der Waals surface area contributed by atoms with Gasteiger partial charge in [-0.2, -0.15) is 0 Å². The number of rotatable bonds is 7. The zero-order valence-corrected chi connectivity index (χ0v) is 15.2. The van der Waals surface area contributed by atoms with Crippen LogP contribution in [0.3, 0.4) is 0 Å². The van der Waals surface area contributed by atoms with Crippen LogP contribution in [0.5, 0.6) is 11.5 Å². The highest BCUT2D eigenvalue weighted by molar-refractivity contribution is 6.04. The van der Waals surface area contributed by atoms with Crippen molar-refractivity contribution in [3.8, 4) is 11.5 Å². The molecule has 2 N–H and O–H groups in total. The van der Waals surface area contributed by atoms with E-state index < -0.39 is 0 Å². The summed E-state index contributed by atoms with van der Waals surface area (Å²) >= 11 is 0. The number of carbonyl (C=O) groups is 1. The van der Waals surface area contributed by atoms with Crippen molar-refractivity contribution in [2.24, 2.45) is 0 Å². The van der Waals surface area contributed by atoms with Gasteiger partial charge in [0, 0.05) is 17.6 Å². The molecule has 0 atom stereocenters. The van der Waals surface area contributed by atoms with Crippen molar-refractivity contribution in [1.82, 2.24) is 4.98 Å². The van der Waals surface area contributed by atoms with Crippen LogP contribution in [0, 0.1) is 0 Å². The van der Waals surface area contributed by atoms with Crippen LogP contribution in [0.4, 0.5) is 17.1 Å². The Labute approximate surface area is 158 Å². The minimum Gasteiger partial charge on any atom is -0.497 e. The number of anilines is 3. The number of benzene rings is 2. The molecule has 0 spiro atoms. The Hall–Kier alpha value is -3.54. The predicted molar refractivity (Wildman–Crippen MR) is 106 cm³/mol. The van der Waals surface area contributed by atoms with Gasteiger partial charge in [0.2, 0.25) is 0 Å². The largest absolute Gasteiger partial charge is 0.497 e. The van der Waals surface area contributed by atoms with Gasteiger partial charge < -0.3 is 20.1 Å². The first kappa shape index (κ1) is 18.3. The molecule has 138 valence electrons. The van der Waals surface area contributed by atoms with Gasteiger partial charge in [-0.1, -0.05) is 0 Å². The SMILES string of the molecule is CCOc1ccc(NC(=O)c2cncc(Nc3ccc(OC)cc3)c2)cc1. The Balaban J connectivity index is 1.67. The van der Waals surface area contributed by atoms with Crippen LogP contribution in [0.25, 0.3) is 0 Å². The number of nitrogens with zero attached hydrogens (tertiary/aromatic N) is 1. The molecule has 0 saturated carbocycles. The molecule has 0 radical (unpaired) electrons. The number of ether oxygens (including phenoxy) is 2. The molecule has 1 heterocycles. The second-order valence-corrected chi connectivity index (χ2v) is 5.73. The average molecular weight is 363 g/mol. The molecule has 0 fully saturated rings. The Morgan fingerprint density at radius 1 is 0.926 bits per heavy atom. The molecule has 27 heavy (non-hydrogen) atoms. The lowest BCUT2D eigenvalue weighted by Crippen LogP contribution is -2.12. The maximum atomic E-state index is 12.5. The number of hydrogen-bond acceptors (Lipinski definition) is 5. The molecule has 0 aliphatic heterocycles. The van der Waals surface area contributed by atoms with Crippen molar-refractivity contribution in [3.05, 3.63) is 72.6 Å². The van der Waals surface area contributed by atoms with Gasteiger partial charge in [-0.15, -0.1) is 0 Å². The fourth-order valence-corrected chi connectivity index (χ4v) is 2.48. The highest BCUT2D eigenvalue weighted by atomic mass is 16.5. The van der Waals surface area contributed by atoms with E-state index in [9.17, 15) is 4.79 Å². The van der Waals surface area contributed by atoms with E-state index in [0.29, 0.717) is 17.9 Å². The summed E-state index contributed by atoms with van der Waals surface area (Å²) in [6, 6.07) is 16.5. The number of pyridine rings is 1. The molecular weight excluding hydrogens is 342 g/mol. The molecule has 0 saturated heterocycles. The summed E-state index contributed by atoms with van der Waals surface area (Å²) in [4.78, 5) is 16.6. The first-order valence-electron chi connectivity index (χ1n) is 8.58. The number of hydrogen-bond donors (Lipinski definition) is 2. The Bertz CT molecular complexity index is 893. The van der Waals surface area contributed by atoms with E-state index >= 15 is 0 Å². The van der Waals surface area contributed by atoms with Crippen molar-refractivity contribution in [3.63, 3.8) is 0 Å². The molecule has 0 aliphatic rings. The molecule has 0 unspecified atom stereocenters. The first-order valence-corrected chi connectivity index (χ1v) is 8.58. The third-order valence-electron chi connectivity index (χ3n) is 3.80. The number of nitrogens with one attached hydrogen (secondary N) is 2. The Kier molecular flexibility index (Phi) is 5.89. The summed E-state index contributed by atoms with van der Waals surface area (Å²) in [7, 11) is 1.62. The Morgan fingerprint density at radius 3 is 2.26 bits per heavy atom. The van der Waals surface area contributed by atoms with Gasteiger partial charge >= 0.3 is 0 Å². The minimum atomic E-state index is -0.231. The smallest absolute Gasteiger partial charge is 0.257 e. The van der Waals surface area contributed by atoms with Crippen molar-refractivity contribution in [2.75, 3.05) is 24.4 Å². The van der Waals surface area contributed by atoms with Crippen molar-refractivity contribution >= 4 is 23.0 Å². The van der Waals surface area contributed by atoms with E-state index in [4.69, 9.17) is 9.47 Å². The van der Waals surface area contributed by atoms with Crippen LogP contribution in [-0.2, 0) is 0 Å². The van der Waals surface area contributed by atoms with E-state index in [-0.39, 0.29) is 5.91 Å². The summed E-state index contributed by atoms with van der Waals surface area (Å²) in [5.74, 6) is 1.31. The highest BCUT2D eigenvalue weighted by Gasteiger charge is 2.08. The molecule has 2 aromatic carbocycles. The van der Waals surface area contributed by atoms with Crippen LogP contribution in [-0.4, -0.2) is 24.6 Å². The van der Waals surface area contributed by atoms with E-state index in [2.05, 4.69) is 15.6 Å². The van der Waals surface area contributed by atoms with E-state index in [1.807, 2.05) is 43.3 Å². The second kappa shape index (κ2) is 8.71. The number of aromatic nitrogens is 1. The molecule has 6 nitrogen and oxygen atoms in total. The number of amides is 1. The van der Waals surface area contributed by atoms with E-state index in [1.165, 1.54) is 6.20 Å². The maximum Gasteiger partial charge on any atom is 0.257 e. The fourth-order valence-electron chi connectivity index (χ4n) is 2.48. The quantitative estimate of drug-likeness (QED) is 0.647. The van der Waals surface area contributed by atoms with Gasteiger partial charge in [0.25, 0.3) is 5.91 Å². The molecule has 6 heteroatoms. The van der Waals surface area contributed by atoms with Crippen LogP contribution in [0.15, 0.2) is 67.0 Å². The monoisotopic (exact) mass is 363 g/mol. The molecule has 0 aliphatic carbocycles. The topological polar surface area (TPSA) is 72.5 Å². The highest BCUT2D eigenvalue weighted by Crippen LogP contribution is 2.21. The van der Waals surface area contributed by atoms with Gasteiger partial charge in [-0.25, -0.2) is 0 Å². The van der Waals surface area contributed by atoms with Crippen molar-refractivity contribution in [2.45, 2.75) is 6.92 Å². The second-order valence-electron chi connectivity index (χ2n) is 5.73. The first-order chi connectivity index (χ1) is 13.2. The lowest BCUT2D eigenvalue weighted by molar-refractivity contribution is 0.102. The average Bonchev–Trinajstić information content (AvgIpc) is 2.70. The normalized spacial score (nSPS) is 10.1. The van der Waals surface area contributed by atoms with Crippen LogP contribution < -0.4 is 20.1 Å². The maximum absolute atomic E-state index is 12.5. The molecule has 1 amide bonds. The zero-order valence-electron chi connectivity index (χ0n) is 15.2. The van der Waals surface area contributed by atoms with E-state index in [0.717, 1.165) is 22.9 Å². The third-order valence-corrected chi connectivity index (χ3v) is 3.80. The summed E-state index contributed by atoms with van der Waals surface area (Å²) in [5.41, 5.74) is 2.75. The minimum absolute atomic E-state index is 0.231. The zero-order chi connectivity index (χ0) is 19.1. The summed E-state index contributed by atoms with van der Waals surface area (Å²) in [6.45, 7) is 2.53. The predicted octanol–water partition coefficient (Wildman–Crippen LogP) is 4.48. The van der Waals surface area contributed by atoms with E-state index in [1.54, 1.807) is 31.5 Å². The number of carbonyl (C=O) groups excluding carboxylic acids is 1. The molecule has 1 aromatic heterocycles. The van der Waals surface area contributed by atoms with Gasteiger partial charge in [0.15, 0.2) is 0 Å². The van der Waals surface area contributed by atoms with Crippen LogP contribution in [0.2, 0.25) is 0 Å². The molecule has 3 aromatic rings. The van der Waals surface area contributed by atoms with Crippen molar-refractivity contribution in [1.29, 1.82) is 0 Å². The van der Waals surface area contributed by atoms with Crippen LogP contribution >= 0.6 is 0 Å². The standard InChI is InChI=1S/C21H21N3O3/c1-3-27-20-10-6-17(7-11-20)24-21(25)15-12-18(14-22-13-15)23-16-4-8-19(26-2)9-5-16/h4-14,23H,3H2,1-2H3,(H,24,25). The summed E-state index contributed by atoms with van der Waals surface area (Å²) in [5, 5.41) is 6.08. The fraction of sp³-hybridized carbons (Fsp3) is 0.143. The van der Waals surface area contributed by atoms with Gasteiger partial charge in [-0.05, 0) is 61.5 Å². The summed E-state index contributed by atoms with van der Waals surface area (Å²) in [6.07, 6.45) is 3.20. The third kappa shape index (κ3) is 4.98. The lowest BCUT2D eigenvalue weighted by Gasteiger charge is -2.10. The molecular formula is C21H21N3O3. The van der Waals surface area contributed by atoms with Crippen LogP contribution in [0.1, 0.15) is 17.3 Å². The van der Waals surface area contributed by atoms with Gasteiger partial charge in [0.1, 0.15) is 11.5 Å². The Morgan fingerprint density at radius 2 is 1.59 bits per heavy atom. The number of methoxy groups -OCH3 is 1. The molecule has 3 rings (SSSR count). The lowest BCUT2D eigenvalue weighted by atomic mass is 10.2. The van der Waals surface area contributed by atoms with Gasteiger partial charge in [-0.3, -0.25) is 9.78 Å². The van der Waals surface area contributed by atoms with Crippen molar-refractivity contribution < 1.29 is 14.3 Å². The summed E-state index contributed by atoms with van der Waals surface area (Å²) < 4.78 is 10.5. The van der Waals surface area contributed by atoms with Gasteiger partial charge in [0.05, 0.1) is 31.2 Å².